The molecule has 0 bridgehead atoms. The molecule has 0 radical (unpaired) electrons. The highest BCUT2D eigenvalue weighted by molar-refractivity contribution is 6.34. The number of aromatic nitrogens is 4. The maximum absolute atomic E-state index is 14.4. The van der Waals surface area contributed by atoms with Gasteiger partial charge in [-0.1, -0.05) is 23.7 Å². The first-order valence-electron chi connectivity index (χ1n) is 13.3. The van der Waals surface area contributed by atoms with Gasteiger partial charge in [0.15, 0.2) is 0 Å². The molecule has 13 heteroatoms. The Labute approximate surface area is 240 Å². The Kier molecular flexibility index (Phi) is 7.18. The van der Waals surface area contributed by atoms with Crippen LogP contribution in [-0.2, 0) is 16.1 Å². The minimum atomic E-state index is -0.556. The van der Waals surface area contributed by atoms with E-state index in [0.29, 0.717) is 72.7 Å². The smallest absolute Gasteiger partial charge is 0.242 e. The number of β-amino-alcohol motifs (C(OH)–C–C–N with tert-alkyl or cyclic N) is 1. The highest BCUT2D eigenvalue weighted by Gasteiger charge is 2.31. The summed E-state index contributed by atoms with van der Waals surface area (Å²) in [7, 11) is 0. The van der Waals surface area contributed by atoms with E-state index in [-0.39, 0.29) is 29.3 Å². The Balaban J connectivity index is 1.26. The van der Waals surface area contributed by atoms with Gasteiger partial charge in [0.1, 0.15) is 36.0 Å². The molecule has 6 rings (SSSR count). The number of hydrogen-bond acceptors (Lipinski definition) is 8. The van der Waals surface area contributed by atoms with Crippen LogP contribution in [0.15, 0.2) is 49.1 Å². The highest BCUT2D eigenvalue weighted by Crippen LogP contribution is 2.40. The van der Waals surface area contributed by atoms with E-state index >= 15 is 0 Å². The second kappa shape index (κ2) is 10.9. The van der Waals surface area contributed by atoms with Crippen molar-refractivity contribution in [1.82, 2.24) is 24.4 Å². The zero-order valence-corrected chi connectivity index (χ0v) is 22.8. The molecule has 3 N–H and O–H groups in total. The molecule has 2 amide bonds. The lowest BCUT2D eigenvalue weighted by Gasteiger charge is -2.37. The average Bonchev–Trinajstić information content (AvgIpc) is 3.33. The minimum absolute atomic E-state index is 0.000127. The molecule has 3 aromatic heterocycles. The van der Waals surface area contributed by atoms with Gasteiger partial charge in [-0.2, -0.15) is 0 Å². The third-order valence-electron chi connectivity index (χ3n) is 7.76. The summed E-state index contributed by atoms with van der Waals surface area (Å²) in [5.41, 5.74) is 8.11. The average molecular weight is 579 g/mol. The Hall–Kier alpha value is -4.29. The molecular weight excluding hydrogens is 551 g/mol. The number of anilines is 3. The van der Waals surface area contributed by atoms with Gasteiger partial charge in [-0.05, 0) is 31.0 Å². The van der Waals surface area contributed by atoms with Crippen LogP contribution in [0.25, 0.3) is 22.2 Å². The van der Waals surface area contributed by atoms with Crippen molar-refractivity contribution in [3.8, 4) is 11.1 Å². The van der Waals surface area contributed by atoms with Crippen molar-refractivity contribution in [2.45, 2.75) is 31.5 Å². The Morgan fingerprint density at radius 3 is 2.63 bits per heavy atom. The molecule has 2 fully saturated rings. The van der Waals surface area contributed by atoms with E-state index in [0.717, 1.165) is 6.41 Å². The second-order valence-electron chi connectivity index (χ2n) is 10.3. The number of fused-ring (bicyclic) bond motifs is 1. The van der Waals surface area contributed by atoms with Crippen LogP contribution in [0.3, 0.4) is 0 Å². The van der Waals surface area contributed by atoms with E-state index in [1.807, 2.05) is 4.90 Å². The van der Waals surface area contributed by atoms with E-state index in [9.17, 15) is 19.1 Å². The van der Waals surface area contributed by atoms with Crippen molar-refractivity contribution >= 4 is 52.3 Å². The van der Waals surface area contributed by atoms with Gasteiger partial charge in [-0.25, -0.2) is 19.3 Å². The SMILES string of the molecule is Nc1ncccc1N(C=O)C1CCN(C(=O)Cn2cc(-c3cccc(F)c3Cl)c3c(N4CC(O)C4)ncnc32)CC1. The summed E-state index contributed by atoms with van der Waals surface area (Å²) < 4.78 is 16.2. The number of aliphatic hydroxyl groups is 1. The zero-order chi connectivity index (χ0) is 28.7. The number of likely N-dealkylation sites (tertiary alicyclic amines) is 1. The van der Waals surface area contributed by atoms with Crippen molar-refractivity contribution < 1.29 is 19.1 Å². The molecule has 212 valence electrons. The first-order valence-corrected chi connectivity index (χ1v) is 13.7. The van der Waals surface area contributed by atoms with E-state index in [4.69, 9.17) is 17.3 Å². The monoisotopic (exact) mass is 578 g/mol. The van der Waals surface area contributed by atoms with Gasteiger partial charge >= 0.3 is 0 Å². The first kappa shape index (κ1) is 26.9. The second-order valence-corrected chi connectivity index (χ2v) is 10.6. The third-order valence-corrected chi connectivity index (χ3v) is 8.15. The van der Waals surface area contributed by atoms with Gasteiger partial charge in [0.25, 0.3) is 0 Å². The number of carbonyl (C=O) groups excluding carboxylic acids is 2. The van der Waals surface area contributed by atoms with Gasteiger partial charge in [0.2, 0.25) is 12.3 Å². The largest absolute Gasteiger partial charge is 0.389 e. The molecule has 0 atom stereocenters. The molecule has 5 heterocycles. The summed E-state index contributed by atoms with van der Waals surface area (Å²) in [6.07, 6.45) is 6.21. The molecule has 4 aromatic rings. The molecule has 0 saturated carbocycles. The molecule has 11 nitrogen and oxygen atoms in total. The number of rotatable bonds is 7. The van der Waals surface area contributed by atoms with Crippen molar-refractivity contribution in [1.29, 1.82) is 0 Å². The topological polar surface area (TPSA) is 134 Å². The summed E-state index contributed by atoms with van der Waals surface area (Å²) >= 11 is 6.38. The molecule has 41 heavy (non-hydrogen) atoms. The molecule has 0 aliphatic carbocycles. The molecule has 2 aliphatic rings. The lowest BCUT2D eigenvalue weighted by molar-refractivity contribution is -0.132. The van der Waals surface area contributed by atoms with Crippen molar-refractivity contribution in [3.05, 3.63) is 59.9 Å². The maximum atomic E-state index is 14.4. The number of nitrogen functional groups attached to an aromatic ring is 1. The van der Waals surface area contributed by atoms with Crippen molar-refractivity contribution in [2.24, 2.45) is 0 Å². The van der Waals surface area contributed by atoms with Gasteiger partial charge in [-0.3, -0.25) is 9.59 Å². The lowest BCUT2D eigenvalue weighted by Crippen LogP contribution is -2.51. The molecule has 0 spiro atoms. The minimum Gasteiger partial charge on any atom is -0.389 e. The van der Waals surface area contributed by atoms with E-state index in [1.54, 1.807) is 51.0 Å². The molecule has 0 unspecified atom stereocenters. The van der Waals surface area contributed by atoms with Crippen LogP contribution in [-0.4, -0.2) is 80.2 Å². The van der Waals surface area contributed by atoms with Crippen LogP contribution in [0.4, 0.5) is 21.7 Å². The Bertz CT molecular complexity index is 1620. The number of nitrogens with two attached hydrogens (primary N) is 1. The summed E-state index contributed by atoms with van der Waals surface area (Å²) in [5, 5.41) is 10.5. The molecule has 2 aliphatic heterocycles. The number of pyridine rings is 1. The Morgan fingerprint density at radius 1 is 1.15 bits per heavy atom. The Morgan fingerprint density at radius 2 is 1.93 bits per heavy atom. The number of aliphatic hydroxyl groups excluding tert-OH is 1. The summed E-state index contributed by atoms with van der Waals surface area (Å²) in [4.78, 5) is 43.7. The third kappa shape index (κ3) is 4.93. The van der Waals surface area contributed by atoms with E-state index in [1.165, 1.54) is 12.4 Å². The number of hydrogen-bond donors (Lipinski definition) is 2. The first-order chi connectivity index (χ1) is 19.9. The number of amides is 2. The van der Waals surface area contributed by atoms with Crippen LogP contribution in [0.2, 0.25) is 5.02 Å². The van der Waals surface area contributed by atoms with Crippen LogP contribution in [0.1, 0.15) is 12.8 Å². The fourth-order valence-electron chi connectivity index (χ4n) is 5.62. The molecule has 1 aromatic carbocycles. The van der Waals surface area contributed by atoms with E-state index in [2.05, 4.69) is 15.0 Å². The standard InChI is InChI=1S/C28H28ClFN8O3/c29-25-19(3-1-4-21(25)30)20-13-37(28-24(20)27(33-15-34-28)36-11-18(40)12-36)14-23(41)35-9-6-17(7-10-35)38(16-39)22-5-2-8-32-26(22)31/h1-5,8,13,15-18,40H,6-7,9-12,14H2,(H2,31,32). The predicted molar refractivity (Wildman–Crippen MR) is 153 cm³/mol. The van der Waals surface area contributed by atoms with E-state index < -0.39 is 11.9 Å². The highest BCUT2D eigenvalue weighted by atomic mass is 35.5. The van der Waals surface area contributed by atoms with Crippen molar-refractivity contribution in [2.75, 3.05) is 41.7 Å². The zero-order valence-electron chi connectivity index (χ0n) is 22.0. The number of benzene rings is 1. The van der Waals surface area contributed by atoms with Crippen LogP contribution < -0.4 is 15.5 Å². The maximum Gasteiger partial charge on any atom is 0.242 e. The normalized spacial score (nSPS) is 16.2. The summed E-state index contributed by atoms with van der Waals surface area (Å²) in [6, 6.07) is 7.95. The van der Waals surface area contributed by atoms with Gasteiger partial charge in [-0.15, -0.1) is 0 Å². The number of piperidine rings is 1. The van der Waals surface area contributed by atoms with Gasteiger partial charge in [0, 0.05) is 55.7 Å². The molecule has 2 saturated heterocycles. The summed E-state index contributed by atoms with van der Waals surface area (Å²) in [6.45, 7) is 1.73. The van der Waals surface area contributed by atoms with Crippen LogP contribution in [0, 0.1) is 5.82 Å². The summed E-state index contributed by atoms with van der Waals surface area (Å²) in [5.74, 6) is 0.196. The number of carbonyl (C=O) groups is 2. The lowest BCUT2D eigenvalue weighted by atomic mass is 10.0. The van der Waals surface area contributed by atoms with Crippen molar-refractivity contribution in [3.63, 3.8) is 0 Å². The molecular formula is C28H28ClFN8O3. The fraction of sp³-hybridized carbons (Fsp3) is 0.321. The number of halogens is 2. The fourth-order valence-corrected chi connectivity index (χ4v) is 5.85. The van der Waals surface area contributed by atoms with Gasteiger partial charge < -0.3 is 30.1 Å². The van der Waals surface area contributed by atoms with Crippen LogP contribution in [0.5, 0.6) is 0 Å². The van der Waals surface area contributed by atoms with Gasteiger partial charge in [0.05, 0.1) is 22.2 Å². The number of nitrogens with zero attached hydrogens (tertiary/aromatic N) is 7. The van der Waals surface area contributed by atoms with Crippen LogP contribution >= 0.6 is 11.6 Å². The quantitative estimate of drug-likeness (QED) is 0.320. The predicted octanol–water partition coefficient (Wildman–Crippen LogP) is 2.70.